The molecular weight excluding hydrogens is 224 g/mol. The molecular formula is C15H26N2O. The lowest BCUT2D eigenvalue weighted by molar-refractivity contribution is -0.130. The molecule has 0 aromatic carbocycles. The molecule has 1 heterocycles. The van der Waals surface area contributed by atoms with Crippen molar-refractivity contribution in [2.45, 2.75) is 51.5 Å². The fourth-order valence-corrected chi connectivity index (χ4v) is 4.31. The third kappa shape index (κ3) is 2.29. The molecule has 4 atom stereocenters. The molecule has 1 N–H and O–H groups in total. The van der Waals surface area contributed by atoms with Gasteiger partial charge in [-0.25, -0.2) is 0 Å². The van der Waals surface area contributed by atoms with Gasteiger partial charge in [-0.15, -0.1) is 0 Å². The van der Waals surface area contributed by atoms with Crippen LogP contribution in [0.25, 0.3) is 0 Å². The summed E-state index contributed by atoms with van der Waals surface area (Å²) in [4.78, 5) is 14.4. The van der Waals surface area contributed by atoms with Crippen molar-refractivity contribution in [2.75, 3.05) is 19.6 Å². The van der Waals surface area contributed by atoms with E-state index in [0.29, 0.717) is 5.91 Å². The van der Waals surface area contributed by atoms with Crippen LogP contribution in [0, 0.1) is 17.8 Å². The molecule has 3 nitrogen and oxygen atoms in total. The Hall–Kier alpha value is -0.570. The lowest BCUT2D eigenvalue weighted by atomic mass is 9.88. The average Bonchev–Trinajstić information content (AvgIpc) is 3.05. The van der Waals surface area contributed by atoms with Crippen LogP contribution in [0.2, 0.25) is 0 Å². The maximum Gasteiger partial charge on any atom is 0.239 e. The molecule has 0 spiro atoms. The number of hydrogen-bond donors (Lipinski definition) is 1. The smallest absolute Gasteiger partial charge is 0.239 e. The lowest BCUT2D eigenvalue weighted by Gasteiger charge is -2.27. The number of nitrogens with one attached hydrogen (secondary N) is 1. The predicted molar refractivity (Wildman–Crippen MR) is 72.2 cm³/mol. The Bertz CT molecular complexity index is 318. The highest BCUT2D eigenvalue weighted by Crippen LogP contribution is 2.48. The van der Waals surface area contributed by atoms with Crippen LogP contribution in [0.5, 0.6) is 0 Å². The number of rotatable bonds is 5. The first-order valence-corrected chi connectivity index (χ1v) is 7.80. The van der Waals surface area contributed by atoms with E-state index in [4.69, 9.17) is 0 Å². The Labute approximate surface area is 110 Å². The summed E-state index contributed by atoms with van der Waals surface area (Å²) >= 11 is 0. The first-order valence-electron chi connectivity index (χ1n) is 7.80. The average molecular weight is 250 g/mol. The highest BCUT2D eigenvalue weighted by atomic mass is 16.2. The van der Waals surface area contributed by atoms with Gasteiger partial charge in [0.2, 0.25) is 5.91 Å². The summed E-state index contributed by atoms with van der Waals surface area (Å²) in [5.41, 5.74) is 0. The van der Waals surface area contributed by atoms with Gasteiger partial charge >= 0.3 is 0 Å². The van der Waals surface area contributed by atoms with Gasteiger partial charge in [-0.1, -0.05) is 13.3 Å². The summed E-state index contributed by atoms with van der Waals surface area (Å²) in [5, 5.41) is 3.38. The van der Waals surface area contributed by atoms with Crippen molar-refractivity contribution in [1.82, 2.24) is 10.2 Å². The summed E-state index contributed by atoms with van der Waals surface area (Å²) in [6, 6.07) is 0.114. The van der Waals surface area contributed by atoms with E-state index in [1.54, 1.807) is 0 Å². The van der Waals surface area contributed by atoms with E-state index in [0.717, 1.165) is 50.2 Å². The van der Waals surface area contributed by atoms with Gasteiger partial charge < -0.3 is 10.2 Å². The fraction of sp³-hybridized carbons (Fsp3) is 0.933. The SMILES string of the molecule is CCCNC1CCN(CC2CC3CCC2C3)C1=O. The molecule has 0 aromatic rings. The van der Waals surface area contributed by atoms with Gasteiger partial charge in [-0.05, 0) is 56.4 Å². The summed E-state index contributed by atoms with van der Waals surface area (Å²) < 4.78 is 0. The Morgan fingerprint density at radius 1 is 1.28 bits per heavy atom. The molecule has 3 fully saturated rings. The van der Waals surface area contributed by atoms with Crippen molar-refractivity contribution < 1.29 is 4.79 Å². The van der Waals surface area contributed by atoms with Gasteiger partial charge in [0.1, 0.15) is 0 Å². The third-order valence-corrected chi connectivity index (χ3v) is 5.28. The van der Waals surface area contributed by atoms with Gasteiger partial charge in [0.15, 0.2) is 0 Å². The molecule has 18 heavy (non-hydrogen) atoms. The number of hydrogen-bond acceptors (Lipinski definition) is 2. The van der Waals surface area contributed by atoms with E-state index in [9.17, 15) is 4.79 Å². The van der Waals surface area contributed by atoms with Gasteiger partial charge in [-0.3, -0.25) is 4.79 Å². The number of nitrogens with zero attached hydrogens (tertiary/aromatic N) is 1. The fourth-order valence-electron chi connectivity index (χ4n) is 4.31. The second-order valence-corrected chi connectivity index (χ2v) is 6.51. The van der Waals surface area contributed by atoms with E-state index in [-0.39, 0.29) is 6.04 Å². The van der Waals surface area contributed by atoms with E-state index in [1.807, 2.05) is 0 Å². The number of amides is 1. The van der Waals surface area contributed by atoms with Crippen molar-refractivity contribution >= 4 is 5.91 Å². The number of fused-ring (bicyclic) bond motifs is 2. The van der Waals surface area contributed by atoms with Crippen LogP contribution in [0.15, 0.2) is 0 Å². The maximum atomic E-state index is 12.3. The highest BCUT2D eigenvalue weighted by molar-refractivity contribution is 5.84. The highest BCUT2D eigenvalue weighted by Gasteiger charge is 2.42. The largest absolute Gasteiger partial charge is 0.341 e. The van der Waals surface area contributed by atoms with Crippen LogP contribution in [-0.4, -0.2) is 36.5 Å². The van der Waals surface area contributed by atoms with Crippen molar-refractivity contribution in [2.24, 2.45) is 17.8 Å². The van der Waals surface area contributed by atoms with Crippen molar-refractivity contribution in [3.8, 4) is 0 Å². The van der Waals surface area contributed by atoms with Gasteiger partial charge in [0.25, 0.3) is 0 Å². The molecule has 2 saturated carbocycles. The Kier molecular flexibility index (Phi) is 3.60. The molecule has 2 bridgehead atoms. The Morgan fingerprint density at radius 2 is 2.17 bits per heavy atom. The second kappa shape index (κ2) is 5.20. The standard InChI is InChI=1S/C15H26N2O/c1-2-6-16-14-5-7-17(15(14)18)10-13-9-11-3-4-12(13)8-11/h11-14,16H,2-10H2,1H3. The summed E-state index contributed by atoms with van der Waals surface area (Å²) in [7, 11) is 0. The lowest BCUT2D eigenvalue weighted by Crippen LogP contribution is -2.40. The normalized spacial score (nSPS) is 38.9. The van der Waals surface area contributed by atoms with Crippen LogP contribution in [-0.2, 0) is 4.79 Å². The van der Waals surface area contributed by atoms with Crippen LogP contribution in [0.1, 0.15) is 45.4 Å². The molecule has 3 heteroatoms. The maximum absolute atomic E-state index is 12.3. The molecule has 0 aromatic heterocycles. The quantitative estimate of drug-likeness (QED) is 0.809. The van der Waals surface area contributed by atoms with E-state index in [1.165, 1.54) is 25.7 Å². The van der Waals surface area contributed by atoms with E-state index >= 15 is 0 Å². The summed E-state index contributed by atoms with van der Waals surface area (Å²) in [6.07, 6.45) is 7.84. The molecule has 1 saturated heterocycles. The van der Waals surface area contributed by atoms with Crippen LogP contribution in [0.4, 0.5) is 0 Å². The summed E-state index contributed by atoms with van der Waals surface area (Å²) in [6.45, 7) is 5.15. The molecule has 0 radical (unpaired) electrons. The molecule has 2 aliphatic carbocycles. The minimum Gasteiger partial charge on any atom is -0.341 e. The van der Waals surface area contributed by atoms with Gasteiger partial charge in [-0.2, -0.15) is 0 Å². The van der Waals surface area contributed by atoms with Crippen molar-refractivity contribution in [1.29, 1.82) is 0 Å². The molecule has 102 valence electrons. The monoisotopic (exact) mass is 250 g/mol. The first kappa shape index (κ1) is 12.5. The number of carbonyl (C=O) groups is 1. The zero-order valence-electron chi connectivity index (χ0n) is 11.5. The van der Waals surface area contributed by atoms with Gasteiger partial charge in [0, 0.05) is 13.1 Å². The molecule has 4 unspecified atom stereocenters. The van der Waals surface area contributed by atoms with E-state index < -0.39 is 0 Å². The molecule has 3 rings (SSSR count). The van der Waals surface area contributed by atoms with Crippen LogP contribution >= 0.6 is 0 Å². The topological polar surface area (TPSA) is 32.3 Å². The summed E-state index contributed by atoms with van der Waals surface area (Å²) in [5.74, 6) is 3.11. The third-order valence-electron chi connectivity index (χ3n) is 5.28. The Balaban J connectivity index is 1.50. The van der Waals surface area contributed by atoms with E-state index in [2.05, 4.69) is 17.1 Å². The molecule has 1 aliphatic heterocycles. The van der Waals surface area contributed by atoms with Crippen LogP contribution < -0.4 is 5.32 Å². The first-order chi connectivity index (χ1) is 8.78. The van der Waals surface area contributed by atoms with Gasteiger partial charge in [0.05, 0.1) is 6.04 Å². The predicted octanol–water partition coefficient (Wildman–Crippen LogP) is 2.02. The van der Waals surface area contributed by atoms with Crippen molar-refractivity contribution in [3.05, 3.63) is 0 Å². The minimum atomic E-state index is 0.114. The minimum absolute atomic E-state index is 0.114. The zero-order chi connectivity index (χ0) is 12.5. The van der Waals surface area contributed by atoms with Crippen LogP contribution in [0.3, 0.4) is 0 Å². The number of likely N-dealkylation sites (tertiary alicyclic amines) is 1. The molecule has 1 amide bonds. The van der Waals surface area contributed by atoms with Crippen molar-refractivity contribution in [3.63, 3.8) is 0 Å². The molecule has 3 aliphatic rings. The number of carbonyl (C=O) groups excluding carboxylic acids is 1. The Morgan fingerprint density at radius 3 is 2.83 bits per heavy atom. The zero-order valence-corrected chi connectivity index (χ0v) is 11.5. The second-order valence-electron chi connectivity index (χ2n) is 6.51.